The van der Waals surface area contributed by atoms with Gasteiger partial charge in [0.15, 0.2) is 5.78 Å². The molecule has 0 aromatic rings. The highest BCUT2D eigenvalue weighted by Crippen LogP contribution is 2.18. The molecule has 0 aliphatic heterocycles. The molecular formula is C16H27N2O6-. The summed E-state index contributed by atoms with van der Waals surface area (Å²) in [5.74, 6) is -3.86. The molecule has 0 bridgehead atoms. The van der Waals surface area contributed by atoms with E-state index in [2.05, 4.69) is 10.6 Å². The average molecular weight is 343 g/mol. The molecule has 0 aromatic carbocycles. The Hall–Kier alpha value is -1.96. The van der Waals surface area contributed by atoms with Gasteiger partial charge in [0, 0.05) is 23.3 Å². The number of hydrogen-bond acceptors (Lipinski definition) is 6. The van der Waals surface area contributed by atoms with Crippen LogP contribution in [0.2, 0.25) is 0 Å². The zero-order valence-electron chi connectivity index (χ0n) is 15.1. The largest absolute Gasteiger partial charge is 0.550 e. The molecule has 8 heteroatoms. The Morgan fingerprint density at radius 3 is 1.79 bits per heavy atom. The molecule has 3 N–H and O–H groups in total. The van der Waals surface area contributed by atoms with Crippen molar-refractivity contribution in [2.24, 2.45) is 5.41 Å². The summed E-state index contributed by atoms with van der Waals surface area (Å²) in [4.78, 5) is 46.5. The summed E-state index contributed by atoms with van der Waals surface area (Å²) in [6.07, 6.45) is -1.16. The van der Waals surface area contributed by atoms with Crippen molar-refractivity contribution in [1.29, 1.82) is 0 Å². The van der Waals surface area contributed by atoms with E-state index in [1.54, 1.807) is 41.5 Å². The van der Waals surface area contributed by atoms with Gasteiger partial charge < -0.3 is 25.6 Å². The fourth-order valence-corrected chi connectivity index (χ4v) is 2.08. The first-order valence-corrected chi connectivity index (χ1v) is 7.67. The number of rotatable bonds is 8. The maximum atomic E-state index is 12.4. The van der Waals surface area contributed by atoms with Crippen LogP contribution in [0.5, 0.6) is 0 Å². The zero-order chi connectivity index (χ0) is 19.3. The van der Waals surface area contributed by atoms with Gasteiger partial charge in [0.25, 0.3) is 0 Å². The summed E-state index contributed by atoms with van der Waals surface area (Å²) in [6.45, 7) is 10.1. The van der Waals surface area contributed by atoms with Crippen molar-refractivity contribution in [2.75, 3.05) is 0 Å². The topological polar surface area (TPSA) is 136 Å². The number of ketones is 1. The molecule has 2 unspecified atom stereocenters. The normalized spacial score (nSPS) is 14.6. The van der Waals surface area contributed by atoms with E-state index in [1.807, 2.05) is 0 Å². The van der Waals surface area contributed by atoms with E-state index in [0.29, 0.717) is 0 Å². The van der Waals surface area contributed by atoms with Gasteiger partial charge >= 0.3 is 5.97 Å². The highest BCUT2D eigenvalue weighted by atomic mass is 16.4. The number of hydrogen-bond donors (Lipinski definition) is 3. The monoisotopic (exact) mass is 343 g/mol. The zero-order valence-corrected chi connectivity index (χ0v) is 15.1. The molecule has 0 rings (SSSR count). The number of aliphatic carboxylic acids is 2. The van der Waals surface area contributed by atoms with Crippen LogP contribution < -0.4 is 15.7 Å². The van der Waals surface area contributed by atoms with Crippen molar-refractivity contribution in [2.45, 2.75) is 72.0 Å². The lowest BCUT2D eigenvalue weighted by atomic mass is 9.85. The van der Waals surface area contributed by atoms with Crippen molar-refractivity contribution in [3.63, 3.8) is 0 Å². The number of carboxylic acids is 2. The lowest BCUT2D eigenvalue weighted by Crippen LogP contribution is -2.57. The SMILES string of the molecule is CC(C)(C)NC(CC(=O)[O-])C(=O)NC(CC(=O)O)C(=O)C(C)(C)C. The van der Waals surface area contributed by atoms with Gasteiger partial charge in [-0.1, -0.05) is 20.8 Å². The van der Waals surface area contributed by atoms with Gasteiger partial charge in [-0.15, -0.1) is 0 Å². The van der Waals surface area contributed by atoms with Gasteiger partial charge in [-0.05, 0) is 20.8 Å². The number of nitrogens with one attached hydrogen (secondary N) is 2. The summed E-state index contributed by atoms with van der Waals surface area (Å²) in [6, 6.07) is -2.37. The van der Waals surface area contributed by atoms with Gasteiger partial charge in [-0.2, -0.15) is 0 Å². The molecule has 8 nitrogen and oxygen atoms in total. The van der Waals surface area contributed by atoms with Gasteiger partial charge in [-0.3, -0.25) is 14.4 Å². The van der Waals surface area contributed by atoms with Crippen LogP contribution in [-0.4, -0.2) is 46.4 Å². The van der Waals surface area contributed by atoms with Crippen molar-refractivity contribution < 1.29 is 29.4 Å². The first-order chi connectivity index (χ1) is 10.6. The molecule has 24 heavy (non-hydrogen) atoms. The summed E-state index contributed by atoms with van der Waals surface area (Å²) in [5.41, 5.74) is -1.41. The Morgan fingerprint density at radius 2 is 1.46 bits per heavy atom. The maximum absolute atomic E-state index is 12.4. The molecular weight excluding hydrogens is 316 g/mol. The summed E-state index contributed by atoms with van der Waals surface area (Å²) in [5, 5.41) is 25.0. The molecule has 0 radical (unpaired) electrons. The second kappa shape index (κ2) is 8.23. The van der Waals surface area contributed by atoms with E-state index < -0.39 is 59.5 Å². The summed E-state index contributed by atoms with van der Waals surface area (Å²) >= 11 is 0. The molecule has 0 spiro atoms. The molecule has 138 valence electrons. The van der Waals surface area contributed by atoms with Crippen molar-refractivity contribution in [3.05, 3.63) is 0 Å². The molecule has 2 atom stereocenters. The third kappa shape index (κ3) is 8.61. The average Bonchev–Trinajstić information content (AvgIpc) is 2.32. The third-order valence-electron chi connectivity index (χ3n) is 3.05. The van der Waals surface area contributed by atoms with E-state index in [1.165, 1.54) is 0 Å². The standard InChI is InChI=1S/C16H28N2O6/c1-15(2,3)13(23)9(7-11(19)20)17-14(24)10(8-12(21)22)18-16(4,5)6/h9-10,18H,7-8H2,1-6H3,(H,17,24)(H,19,20)(H,21,22)/p-1. The highest BCUT2D eigenvalue weighted by Gasteiger charge is 2.34. The van der Waals surface area contributed by atoms with Crippen LogP contribution in [0.3, 0.4) is 0 Å². The van der Waals surface area contributed by atoms with E-state index in [4.69, 9.17) is 5.11 Å². The fourth-order valence-electron chi connectivity index (χ4n) is 2.08. The number of amides is 1. The predicted molar refractivity (Wildman–Crippen MR) is 84.9 cm³/mol. The van der Waals surface area contributed by atoms with Crippen LogP contribution in [0.15, 0.2) is 0 Å². The van der Waals surface area contributed by atoms with Crippen LogP contribution in [0.4, 0.5) is 0 Å². The Morgan fingerprint density at radius 1 is 0.958 bits per heavy atom. The van der Waals surface area contributed by atoms with E-state index in [9.17, 15) is 24.3 Å². The molecule has 0 aromatic heterocycles. The van der Waals surface area contributed by atoms with E-state index >= 15 is 0 Å². The molecule has 0 heterocycles. The molecule has 0 saturated carbocycles. The number of carbonyl (C=O) groups is 4. The molecule has 1 amide bonds. The number of carboxylic acid groups (broad SMARTS) is 2. The van der Waals surface area contributed by atoms with E-state index in [-0.39, 0.29) is 0 Å². The predicted octanol–water partition coefficient (Wildman–Crippen LogP) is -0.542. The second-order valence-corrected chi connectivity index (χ2v) is 7.80. The minimum atomic E-state index is -1.43. The Bertz CT molecular complexity index is 502. The minimum absolute atomic E-state index is 0.443. The number of Topliss-reactive ketones (excluding diaryl/α,β-unsaturated/α-hetero) is 1. The van der Waals surface area contributed by atoms with Gasteiger partial charge in [0.2, 0.25) is 5.91 Å². The second-order valence-electron chi connectivity index (χ2n) is 7.80. The lowest BCUT2D eigenvalue weighted by Gasteiger charge is -2.30. The molecule has 0 fully saturated rings. The van der Waals surface area contributed by atoms with Crippen LogP contribution in [0.25, 0.3) is 0 Å². The van der Waals surface area contributed by atoms with Crippen molar-refractivity contribution >= 4 is 23.6 Å². The Balaban J connectivity index is 5.32. The summed E-state index contributed by atoms with van der Waals surface area (Å²) in [7, 11) is 0. The molecule has 0 aliphatic rings. The maximum Gasteiger partial charge on any atom is 0.305 e. The minimum Gasteiger partial charge on any atom is -0.550 e. The van der Waals surface area contributed by atoms with Gasteiger partial charge in [0.1, 0.15) is 0 Å². The van der Waals surface area contributed by atoms with Crippen LogP contribution in [0.1, 0.15) is 54.4 Å². The lowest BCUT2D eigenvalue weighted by molar-refractivity contribution is -0.306. The third-order valence-corrected chi connectivity index (χ3v) is 3.05. The van der Waals surface area contributed by atoms with Gasteiger partial charge in [0.05, 0.1) is 18.5 Å². The quantitative estimate of drug-likeness (QED) is 0.538. The van der Waals surface area contributed by atoms with Crippen molar-refractivity contribution in [3.8, 4) is 0 Å². The number of carbonyl (C=O) groups excluding carboxylic acids is 3. The van der Waals surface area contributed by atoms with Crippen LogP contribution >= 0.6 is 0 Å². The first kappa shape index (κ1) is 22.0. The smallest absolute Gasteiger partial charge is 0.305 e. The fraction of sp³-hybridized carbons (Fsp3) is 0.750. The Kier molecular flexibility index (Phi) is 7.56. The molecule has 0 saturated heterocycles. The van der Waals surface area contributed by atoms with Crippen LogP contribution in [-0.2, 0) is 19.2 Å². The first-order valence-electron chi connectivity index (χ1n) is 7.67. The van der Waals surface area contributed by atoms with Crippen molar-refractivity contribution in [1.82, 2.24) is 10.6 Å². The Labute approximate surface area is 142 Å². The van der Waals surface area contributed by atoms with Crippen LogP contribution in [0, 0.1) is 5.41 Å². The van der Waals surface area contributed by atoms with E-state index in [0.717, 1.165) is 0 Å². The van der Waals surface area contributed by atoms with Gasteiger partial charge in [-0.25, -0.2) is 0 Å². The highest BCUT2D eigenvalue weighted by molar-refractivity contribution is 5.96. The summed E-state index contributed by atoms with van der Waals surface area (Å²) < 4.78 is 0. The molecule has 0 aliphatic carbocycles.